The highest BCUT2D eigenvalue weighted by atomic mass is 19.1. The van der Waals surface area contributed by atoms with Crippen molar-refractivity contribution in [1.29, 1.82) is 0 Å². The summed E-state index contributed by atoms with van der Waals surface area (Å²) >= 11 is 0. The maximum absolute atomic E-state index is 13.1. The molecule has 1 atom stereocenters. The average Bonchev–Trinajstić information content (AvgIpc) is 2.71. The summed E-state index contributed by atoms with van der Waals surface area (Å²) in [5, 5.41) is 8.84. The maximum Gasteiger partial charge on any atom is 0.407 e. The number of nitrogens with zero attached hydrogens (tertiary/aromatic N) is 1. The van der Waals surface area contributed by atoms with Crippen LogP contribution in [0.15, 0.2) is 18.2 Å². The van der Waals surface area contributed by atoms with Crippen LogP contribution in [-0.4, -0.2) is 29.2 Å². The smallest absolute Gasteiger partial charge is 0.407 e. The zero-order valence-corrected chi connectivity index (χ0v) is 9.11. The second-order valence-electron chi connectivity index (χ2n) is 4.22. The van der Waals surface area contributed by atoms with E-state index in [1.54, 1.807) is 13.0 Å². The Morgan fingerprint density at radius 2 is 2.31 bits per heavy atom. The van der Waals surface area contributed by atoms with Crippen molar-refractivity contribution in [3.05, 3.63) is 35.1 Å². The molecule has 16 heavy (non-hydrogen) atoms. The van der Waals surface area contributed by atoms with Crippen molar-refractivity contribution in [1.82, 2.24) is 4.90 Å². The standard InChI is InChI=1S/C12H14FNO2/c1-8-6-9(2-3-11(8)13)10-4-5-14(7-10)12(15)16/h2-3,6,10H,4-5,7H2,1H3,(H,15,16). The summed E-state index contributed by atoms with van der Waals surface area (Å²) in [4.78, 5) is 12.2. The molecule has 0 spiro atoms. The minimum absolute atomic E-state index is 0.204. The van der Waals surface area contributed by atoms with Crippen LogP contribution in [0.3, 0.4) is 0 Å². The van der Waals surface area contributed by atoms with E-state index in [2.05, 4.69) is 0 Å². The van der Waals surface area contributed by atoms with E-state index in [0.717, 1.165) is 12.0 Å². The molecule has 1 N–H and O–H groups in total. The van der Waals surface area contributed by atoms with Gasteiger partial charge < -0.3 is 10.0 Å². The molecule has 1 saturated heterocycles. The van der Waals surface area contributed by atoms with Gasteiger partial charge in [0.05, 0.1) is 0 Å². The first-order chi connectivity index (χ1) is 7.58. The van der Waals surface area contributed by atoms with Gasteiger partial charge in [0, 0.05) is 19.0 Å². The van der Waals surface area contributed by atoms with Crippen LogP contribution >= 0.6 is 0 Å². The lowest BCUT2D eigenvalue weighted by molar-refractivity contribution is 0.155. The van der Waals surface area contributed by atoms with Gasteiger partial charge in [0.25, 0.3) is 0 Å². The molecule has 4 heteroatoms. The minimum Gasteiger partial charge on any atom is -0.465 e. The fourth-order valence-electron chi connectivity index (χ4n) is 2.13. The zero-order valence-electron chi connectivity index (χ0n) is 9.11. The zero-order chi connectivity index (χ0) is 11.7. The van der Waals surface area contributed by atoms with Crippen molar-refractivity contribution in [2.75, 3.05) is 13.1 Å². The SMILES string of the molecule is Cc1cc(C2CCN(C(=O)O)C2)ccc1F. The fraction of sp³-hybridized carbons (Fsp3) is 0.417. The average molecular weight is 223 g/mol. The fourth-order valence-corrected chi connectivity index (χ4v) is 2.13. The molecule has 1 unspecified atom stereocenters. The molecule has 0 radical (unpaired) electrons. The van der Waals surface area contributed by atoms with E-state index in [0.29, 0.717) is 18.7 Å². The number of likely N-dealkylation sites (tertiary alicyclic amines) is 1. The molecule has 0 aromatic heterocycles. The molecule has 3 nitrogen and oxygen atoms in total. The summed E-state index contributed by atoms with van der Waals surface area (Å²) < 4.78 is 13.1. The largest absolute Gasteiger partial charge is 0.465 e. The van der Waals surface area contributed by atoms with Crippen LogP contribution in [0.4, 0.5) is 9.18 Å². The number of benzene rings is 1. The van der Waals surface area contributed by atoms with E-state index in [-0.39, 0.29) is 11.7 Å². The molecule has 0 aliphatic carbocycles. The highest BCUT2D eigenvalue weighted by Gasteiger charge is 2.27. The molecular formula is C12H14FNO2. The van der Waals surface area contributed by atoms with Gasteiger partial charge in [-0.1, -0.05) is 12.1 Å². The van der Waals surface area contributed by atoms with E-state index in [9.17, 15) is 9.18 Å². The summed E-state index contributed by atoms with van der Waals surface area (Å²) in [5.41, 5.74) is 1.65. The molecule has 1 aromatic carbocycles. The van der Waals surface area contributed by atoms with Gasteiger partial charge in [-0.25, -0.2) is 9.18 Å². The van der Waals surface area contributed by atoms with Gasteiger partial charge in [0.1, 0.15) is 5.82 Å². The number of hydrogen-bond donors (Lipinski definition) is 1. The van der Waals surface area contributed by atoms with Crippen LogP contribution in [0, 0.1) is 12.7 Å². The van der Waals surface area contributed by atoms with E-state index in [4.69, 9.17) is 5.11 Å². The molecule has 86 valence electrons. The molecular weight excluding hydrogens is 209 g/mol. The highest BCUT2D eigenvalue weighted by Crippen LogP contribution is 2.28. The second-order valence-corrected chi connectivity index (χ2v) is 4.22. The van der Waals surface area contributed by atoms with Crippen LogP contribution in [0.25, 0.3) is 0 Å². The third kappa shape index (κ3) is 2.01. The molecule has 2 rings (SSSR count). The van der Waals surface area contributed by atoms with Crippen molar-refractivity contribution >= 4 is 6.09 Å². The van der Waals surface area contributed by atoms with Gasteiger partial charge in [-0.05, 0) is 30.5 Å². The van der Waals surface area contributed by atoms with Gasteiger partial charge in [0.2, 0.25) is 0 Å². The summed E-state index contributed by atoms with van der Waals surface area (Å²) in [6.45, 7) is 2.81. The van der Waals surface area contributed by atoms with Crippen LogP contribution in [0.5, 0.6) is 0 Å². The Bertz CT molecular complexity index is 419. The number of amides is 1. The minimum atomic E-state index is -0.874. The Morgan fingerprint density at radius 3 is 2.88 bits per heavy atom. The number of hydrogen-bond acceptors (Lipinski definition) is 1. The Balaban J connectivity index is 2.14. The van der Waals surface area contributed by atoms with Gasteiger partial charge in [0.15, 0.2) is 0 Å². The topological polar surface area (TPSA) is 40.5 Å². The third-order valence-electron chi connectivity index (χ3n) is 3.11. The molecule has 1 fully saturated rings. The highest BCUT2D eigenvalue weighted by molar-refractivity contribution is 5.65. The Morgan fingerprint density at radius 1 is 1.56 bits per heavy atom. The first-order valence-corrected chi connectivity index (χ1v) is 5.32. The summed E-state index contributed by atoms with van der Waals surface area (Å²) in [7, 11) is 0. The quantitative estimate of drug-likeness (QED) is 0.795. The normalized spacial score (nSPS) is 20.1. The Hall–Kier alpha value is -1.58. The van der Waals surface area contributed by atoms with E-state index in [1.807, 2.05) is 6.07 Å². The van der Waals surface area contributed by atoms with Crippen LogP contribution in [0.2, 0.25) is 0 Å². The molecule has 1 aromatic rings. The van der Waals surface area contributed by atoms with Gasteiger partial charge >= 0.3 is 6.09 Å². The van der Waals surface area contributed by atoms with Gasteiger partial charge in [-0.2, -0.15) is 0 Å². The lowest BCUT2D eigenvalue weighted by atomic mass is 9.97. The lowest BCUT2D eigenvalue weighted by Crippen LogP contribution is -2.26. The number of halogens is 1. The van der Waals surface area contributed by atoms with Crippen LogP contribution in [0.1, 0.15) is 23.5 Å². The summed E-state index contributed by atoms with van der Waals surface area (Å²) in [5.74, 6) is -0.00719. The lowest BCUT2D eigenvalue weighted by Gasteiger charge is -2.13. The Labute approximate surface area is 93.5 Å². The first kappa shape index (κ1) is 10.9. The van der Waals surface area contributed by atoms with Crippen molar-refractivity contribution < 1.29 is 14.3 Å². The monoisotopic (exact) mass is 223 g/mol. The van der Waals surface area contributed by atoms with Crippen molar-refractivity contribution in [2.24, 2.45) is 0 Å². The van der Waals surface area contributed by atoms with E-state index >= 15 is 0 Å². The molecule has 0 saturated carbocycles. The summed E-state index contributed by atoms with van der Waals surface area (Å²) in [6.07, 6.45) is -0.0569. The van der Waals surface area contributed by atoms with Crippen LogP contribution < -0.4 is 0 Å². The van der Waals surface area contributed by atoms with Gasteiger partial charge in [-0.3, -0.25) is 0 Å². The molecule has 1 amide bonds. The van der Waals surface area contributed by atoms with E-state index < -0.39 is 6.09 Å². The first-order valence-electron chi connectivity index (χ1n) is 5.32. The Kier molecular flexibility index (Phi) is 2.81. The number of aryl methyl sites for hydroxylation is 1. The molecule has 0 bridgehead atoms. The molecule has 1 aliphatic heterocycles. The van der Waals surface area contributed by atoms with Crippen molar-refractivity contribution in [3.8, 4) is 0 Å². The second kappa shape index (κ2) is 4.12. The van der Waals surface area contributed by atoms with Crippen molar-refractivity contribution in [2.45, 2.75) is 19.3 Å². The predicted octanol–water partition coefficient (Wildman–Crippen LogP) is 2.60. The van der Waals surface area contributed by atoms with Gasteiger partial charge in [-0.15, -0.1) is 0 Å². The number of carbonyl (C=O) groups is 1. The van der Waals surface area contributed by atoms with Crippen molar-refractivity contribution in [3.63, 3.8) is 0 Å². The third-order valence-corrected chi connectivity index (χ3v) is 3.11. The van der Waals surface area contributed by atoms with Crippen LogP contribution in [-0.2, 0) is 0 Å². The maximum atomic E-state index is 13.1. The molecule has 1 heterocycles. The van der Waals surface area contributed by atoms with E-state index in [1.165, 1.54) is 11.0 Å². The summed E-state index contributed by atoms with van der Waals surface area (Å²) in [6, 6.07) is 5.01. The predicted molar refractivity (Wildman–Crippen MR) is 58.1 cm³/mol. The number of carboxylic acid groups (broad SMARTS) is 1. The number of rotatable bonds is 1. The molecule has 1 aliphatic rings.